The van der Waals surface area contributed by atoms with Gasteiger partial charge in [0.25, 0.3) is 0 Å². The van der Waals surface area contributed by atoms with Gasteiger partial charge < -0.3 is 9.64 Å². The first-order chi connectivity index (χ1) is 9.97. The largest absolute Gasteiger partial charge is 0.379 e. The summed E-state index contributed by atoms with van der Waals surface area (Å²) in [4.78, 5) is 4.93. The summed E-state index contributed by atoms with van der Waals surface area (Å²) in [5.74, 6) is 1.07. The van der Waals surface area contributed by atoms with Crippen molar-refractivity contribution in [2.75, 3.05) is 58.2 Å². The molecule has 2 saturated heterocycles. The number of rotatable bonds is 7. The Morgan fingerprint density at radius 1 is 1.14 bits per heavy atom. The molecule has 2 rings (SSSR count). The lowest BCUT2D eigenvalue weighted by atomic mass is 10.1. The van der Waals surface area contributed by atoms with E-state index in [1.165, 1.54) is 13.0 Å². The Morgan fingerprint density at radius 2 is 1.86 bits per heavy atom. The molecule has 2 fully saturated rings. The molecule has 2 heterocycles. The standard InChI is InChI=1S/C15H30N2O3S/c1-14(2)21(18,19)11-3-5-16-6-4-15(12-16)13-17-7-9-20-10-8-17/h14-15H,3-13H2,1-2H3. The molecule has 0 aromatic heterocycles. The van der Waals surface area contributed by atoms with E-state index in [1.54, 1.807) is 13.8 Å². The van der Waals surface area contributed by atoms with Crippen molar-refractivity contribution in [3.05, 3.63) is 0 Å². The van der Waals surface area contributed by atoms with E-state index in [-0.39, 0.29) is 5.25 Å². The highest BCUT2D eigenvalue weighted by atomic mass is 32.2. The van der Waals surface area contributed by atoms with Crippen molar-refractivity contribution in [2.45, 2.75) is 31.9 Å². The minimum absolute atomic E-state index is 0.245. The van der Waals surface area contributed by atoms with Crippen LogP contribution in [-0.4, -0.2) is 81.7 Å². The number of sulfone groups is 1. The molecule has 2 aliphatic heterocycles. The fourth-order valence-corrected chi connectivity index (χ4v) is 4.14. The lowest BCUT2D eigenvalue weighted by Gasteiger charge is -2.29. The van der Waals surface area contributed by atoms with Crippen LogP contribution in [0.15, 0.2) is 0 Å². The summed E-state index contributed by atoms with van der Waals surface area (Å²) < 4.78 is 29.0. The second kappa shape index (κ2) is 7.90. The van der Waals surface area contributed by atoms with Gasteiger partial charge in [-0.2, -0.15) is 0 Å². The number of hydrogen-bond acceptors (Lipinski definition) is 5. The van der Waals surface area contributed by atoms with Gasteiger partial charge in [0, 0.05) is 26.2 Å². The Hall–Kier alpha value is -0.170. The van der Waals surface area contributed by atoms with Gasteiger partial charge in [-0.1, -0.05) is 0 Å². The van der Waals surface area contributed by atoms with Crippen molar-refractivity contribution in [1.82, 2.24) is 9.80 Å². The van der Waals surface area contributed by atoms with Gasteiger partial charge in [0.05, 0.1) is 24.2 Å². The molecule has 0 amide bonds. The van der Waals surface area contributed by atoms with Crippen LogP contribution < -0.4 is 0 Å². The fraction of sp³-hybridized carbons (Fsp3) is 1.00. The molecule has 1 unspecified atom stereocenters. The topological polar surface area (TPSA) is 49.9 Å². The maximum absolute atomic E-state index is 11.8. The number of nitrogens with zero attached hydrogens (tertiary/aromatic N) is 2. The van der Waals surface area contributed by atoms with E-state index in [2.05, 4.69) is 9.80 Å². The average Bonchev–Trinajstić information content (AvgIpc) is 2.87. The number of morpholine rings is 1. The lowest BCUT2D eigenvalue weighted by Crippen LogP contribution is -2.40. The van der Waals surface area contributed by atoms with Crippen LogP contribution >= 0.6 is 0 Å². The summed E-state index contributed by atoms with van der Waals surface area (Å²) in [6.45, 7) is 11.7. The molecule has 6 heteroatoms. The van der Waals surface area contributed by atoms with Crippen molar-refractivity contribution >= 4 is 9.84 Å². The molecule has 0 aromatic carbocycles. The first-order valence-corrected chi connectivity index (χ1v) is 9.93. The van der Waals surface area contributed by atoms with E-state index < -0.39 is 9.84 Å². The molecule has 124 valence electrons. The molecule has 0 spiro atoms. The van der Waals surface area contributed by atoms with Gasteiger partial charge in [0.15, 0.2) is 9.84 Å². The monoisotopic (exact) mass is 318 g/mol. The van der Waals surface area contributed by atoms with E-state index in [4.69, 9.17) is 4.74 Å². The molecule has 0 bridgehead atoms. The van der Waals surface area contributed by atoms with E-state index >= 15 is 0 Å². The Kier molecular flexibility index (Phi) is 6.47. The Balaban J connectivity index is 1.63. The molecule has 2 aliphatic rings. The predicted octanol–water partition coefficient (Wildman–Crippen LogP) is 0.854. The second-order valence-electron chi connectivity index (χ2n) is 6.64. The van der Waals surface area contributed by atoms with Crippen LogP contribution in [0.5, 0.6) is 0 Å². The summed E-state index contributed by atoms with van der Waals surface area (Å²) in [5.41, 5.74) is 0. The lowest BCUT2D eigenvalue weighted by molar-refractivity contribution is 0.0312. The van der Waals surface area contributed by atoms with Crippen LogP contribution in [0.4, 0.5) is 0 Å². The van der Waals surface area contributed by atoms with Gasteiger partial charge >= 0.3 is 0 Å². The zero-order valence-electron chi connectivity index (χ0n) is 13.5. The Labute approximate surface area is 129 Å². The maximum atomic E-state index is 11.8. The van der Waals surface area contributed by atoms with Crippen molar-refractivity contribution in [2.24, 2.45) is 5.92 Å². The minimum Gasteiger partial charge on any atom is -0.379 e. The fourth-order valence-electron chi connectivity index (χ4n) is 3.14. The van der Waals surface area contributed by atoms with Crippen LogP contribution in [-0.2, 0) is 14.6 Å². The van der Waals surface area contributed by atoms with Crippen molar-refractivity contribution in [3.8, 4) is 0 Å². The van der Waals surface area contributed by atoms with E-state index in [1.807, 2.05) is 0 Å². The van der Waals surface area contributed by atoms with Gasteiger partial charge in [-0.15, -0.1) is 0 Å². The summed E-state index contributed by atoms with van der Waals surface area (Å²) in [6, 6.07) is 0. The zero-order chi connectivity index (χ0) is 15.3. The molecule has 0 N–H and O–H groups in total. The zero-order valence-corrected chi connectivity index (χ0v) is 14.3. The number of ether oxygens (including phenoxy) is 1. The van der Waals surface area contributed by atoms with Gasteiger partial charge in [-0.3, -0.25) is 4.90 Å². The van der Waals surface area contributed by atoms with Crippen LogP contribution in [0, 0.1) is 5.92 Å². The first kappa shape index (κ1) is 17.2. The maximum Gasteiger partial charge on any atom is 0.152 e. The summed E-state index contributed by atoms with van der Waals surface area (Å²) in [5, 5.41) is -0.245. The molecule has 1 atom stereocenters. The van der Waals surface area contributed by atoms with Gasteiger partial charge in [-0.25, -0.2) is 8.42 Å². The van der Waals surface area contributed by atoms with Gasteiger partial charge in [0.1, 0.15) is 0 Å². The van der Waals surface area contributed by atoms with Gasteiger partial charge in [0.2, 0.25) is 0 Å². The molecular formula is C15H30N2O3S. The van der Waals surface area contributed by atoms with E-state index in [9.17, 15) is 8.42 Å². The molecular weight excluding hydrogens is 288 g/mol. The molecule has 0 aromatic rings. The quantitative estimate of drug-likeness (QED) is 0.697. The molecule has 0 aliphatic carbocycles. The SMILES string of the molecule is CC(C)S(=O)(=O)CCCN1CCC(CN2CCOCC2)C1. The van der Waals surface area contributed by atoms with Crippen molar-refractivity contribution in [1.29, 1.82) is 0 Å². The van der Waals surface area contributed by atoms with Crippen LogP contribution in [0.3, 0.4) is 0 Å². The highest BCUT2D eigenvalue weighted by Gasteiger charge is 2.25. The molecule has 0 radical (unpaired) electrons. The van der Waals surface area contributed by atoms with Crippen LogP contribution in [0.1, 0.15) is 26.7 Å². The van der Waals surface area contributed by atoms with Crippen molar-refractivity contribution < 1.29 is 13.2 Å². The third-order valence-electron chi connectivity index (χ3n) is 4.61. The summed E-state index contributed by atoms with van der Waals surface area (Å²) >= 11 is 0. The third kappa shape index (κ3) is 5.51. The third-order valence-corrected chi connectivity index (χ3v) is 6.91. The molecule has 5 nitrogen and oxygen atoms in total. The van der Waals surface area contributed by atoms with Crippen molar-refractivity contribution in [3.63, 3.8) is 0 Å². The van der Waals surface area contributed by atoms with E-state index in [0.29, 0.717) is 5.75 Å². The highest BCUT2D eigenvalue weighted by Crippen LogP contribution is 2.18. The minimum atomic E-state index is -2.87. The summed E-state index contributed by atoms with van der Waals surface area (Å²) in [6.07, 6.45) is 2.01. The molecule has 21 heavy (non-hydrogen) atoms. The average molecular weight is 318 g/mol. The normalized spacial score (nSPS) is 25.8. The second-order valence-corrected chi connectivity index (χ2v) is 9.31. The first-order valence-electron chi connectivity index (χ1n) is 8.21. The Bertz CT molecular complexity index is 405. The highest BCUT2D eigenvalue weighted by molar-refractivity contribution is 7.91. The van der Waals surface area contributed by atoms with Crippen LogP contribution in [0.2, 0.25) is 0 Å². The van der Waals surface area contributed by atoms with Crippen LogP contribution in [0.25, 0.3) is 0 Å². The Morgan fingerprint density at radius 3 is 2.52 bits per heavy atom. The predicted molar refractivity (Wildman–Crippen MR) is 85.3 cm³/mol. The molecule has 0 saturated carbocycles. The van der Waals surface area contributed by atoms with E-state index in [0.717, 1.165) is 58.3 Å². The summed E-state index contributed by atoms with van der Waals surface area (Å²) in [7, 11) is -2.87. The van der Waals surface area contributed by atoms with Gasteiger partial charge in [-0.05, 0) is 45.7 Å². The number of likely N-dealkylation sites (tertiary alicyclic amines) is 1. The smallest absolute Gasteiger partial charge is 0.152 e. The number of hydrogen-bond donors (Lipinski definition) is 0.